The van der Waals surface area contributed by atoms with Crippen molar-refractivity contribution >= 4 is 22.4 Å². The van der Waals surface area contributed by atoms with Crippen molar-refractivity contribution in [1.82, 2.24) is 9.78 Å². The van der Waals surface area contributed by atoms with Crippen LogP contribution in [0.3, 0.4) is 0 Å². The number of hydrogen-bond donors (Lipinski definition) is 1. The third-order valence-electron chi connectivity index (χ3n) is 4.04. The van der Waals surface area contributed by atoms with E-state index in [2.05, 4.69) is 10.4 Å². The van der Waals surface area contributed by atoms with E-state index in [0.717, 1.165) is 0 Å². The molecule has 1 heterocycles. The van der Waals surface area contributed by atoms with Crippen LogP contribution in [0.5, 0.6) is 11.5 Å². The molecule has 0 aliphatic heterocycles. The van der Waals surface area contributed by atoms with Crippen molar-refractivity contribution in [3.05, 3.63) is 58.5 Å². The van der Waals surface area contributed by atoms with E-state index in [4.69, 9.17) is 9.47 Å². The van der Waals surface area contributed by atoms with Gasteiger partial charge in [-0.05, 0) is 25.1 Å². The number of methoxy groups -OCH3 is 2. The van der Waals surface area contributed by atoms with Crippen molar-refractivity contribution < 1.29 is 14.3 Å². The van der Waals surface area contributed by atoms with Gasteiger partial charge in [0, 0.05) is 18.0 Å². The highest BCUT2D eigenvalue weighted by molar-refractivity contribution is 6.11. The van der Waals surface area contributed by atoms with Crippen LogP contribution in [0.15, 0.2) is 47.3 Å². The van der Waals surface area contributed by atoms with Gasteiger partial charge in [0.15, 0.2) is 5.69 Å². The number of anilines is 1. The molecule has 0 aliphatic rings. The Labute approximate surface area is 150 Å². The lowest BCUT2D eigenvalue weighted by atomic mass is 10.1. The molecule has 7 nitrogen and oxygen atoms in total. The largest absolute Gasteiger partial charge is 0.497 e. The van der Waals surface area contributed by atoms with E-state index in [0.29, 0.717) is 34.5 Å². The second kappa shape index (κ2) is 7.26. The molecule has 1 N–H and O–H groups in total. The SMILES string of the molecule is CCn1nc(C(=O)Nc2cc(OC)ccc2OC)c2ccccc2c1=O. The molecule has 26 heavy (non-hydrogen) atoms. The van der Waals surface area contributed by atoms with Crippen LogP contribution in [0.2, 0.25) is 0 Å². The molecule has 0 unspecified atom stereocenters. The minimum absolute atomic E-state index is 0.173. The average molecular weight is 353 g/mol. The lowest BCUT2D eigenvalue weighted by Gasteiger charge is -2.13. The number of amides is 1. The van der Waals surface area contributed by atoms with Crippen LogP contribution < -0.4 is 20.3 Å². The van der Waals surface area contributed by atoms with Gasteiger partial charge in [-0.3, -0.25) is 9.59 Å². The summed E-state index contributed by atoms with van der Waals surface area (Å²) >= 11 is 0. The van der Waals surface area contributed by atoms with Gasteiger partial charge in [-0.25, -0.2) is 4.68 Å². The Morgan fingerprint density at radius 1 is 1.12 bits per heavy atom. The predicted octanol–water partition coefficient (Wildman–Crippen LogP) is 2.69. The van der Waals surface area contributed by atoms with Gasteiger partial charge in [0.2, 0.25) is 0 Å². The molecule has 1 amide bonds. The molecule has 0 bridgehead atoms. The van der Waals surface area contributed by atoms with E-state index in [-0.39, 0.29) is 11.3 Å². The third kappa shape index (κ3) is 3.11. The Bertz CT molecular complexity index is 1030. The predicted molar refractivity (Wildman–Crippen MR) is 99.2 cm³/mol. The van der Waals surface area contributed by atoms with Gasteiger partial charge in [-0.1, -0.05) is 18.2 Å². The number of aromatic nitrogens is 2. The summed E-state index contributed by atoms with van der Waals surface area (Å²) in [4.78, 5) is 25.3. The van der Waals surface area contributed by atoms with Crippen molar-refractivity contribution in [2.45, 2.75) is 13.5 Å². The normalized spacial score (nSPS) is 10.6. The molecule has 0 radical (unpaired) electrons. The topological polar surface area (TPSA) is 82.5 Å². The molecule has 0 fully saturated rings. The molecule has 0 saturated heterocycles. The van der Waals surface area contributed by atoms with E-state index < -0.39 is 5.91 Å². The smallest absolute Gasteiger partial charge is 0.276 e. The molecular formula is C19H19N3O4. The molecule has 0 saturated carbocycles. The maximum atomic E-state index is 12.9. The first-order valence-corrected chi connectivity index (χ1v) is 8.12. The summed E-state index contributed by atoms with van der Waals surface area (Å²) in [6.45, 7) is 2.17. The summed E-state index contributed by atoms with van der Waals surface area (Å²) in [6, 6.07) is 12.0. The van der Waals surface area contributed by atoms with E-state index in [1.165, 1.54) is 11.8 Å². The van der Waals surface area contributed by atoms with Gasteiger partial charge in [-0.2, -0.15) is 5.10 Å². The quantitative estimate of drug-likeness (QED) is 0.762. The van der Waals surface area contributed by atoms with Crippen LogP contribution in [-0.2, 0) is 6.54 Å². The zero-order chi connectivity index (χ0) is 18.7. The minimum Gasteiger partial charge on any atom is -0.497 e. The van der Waals surface area contributed by atoms with Crippen LogP contribution in [0.25, 0.3) is 10.8 Å². The number of carbonyl (C=O) groups is 1. The molecule has 0 atom stereocenters. The van der Waals surface area contributed by atoms with Gasteiger partial charge in [0.05, 0.1) is 25.3 Å². The van der Waals surface area contributed by atoms with Gasteiger partial charge in [0.25, 0.3) is 11.5 Å². The Morgan fingerprint density at radius 3 is 2.50 bits per heavy atom. The number of fused-ring (bicyclic) bond motifs is 1. The molecule has 3 aromatic rings. The zero-order valence-electron chi connectivity index (χ0n) is 14.8. The van der Waals surface area contributed by atoms with Crippen LogP contribution in [0.4, 0.5) is 5.69 Å². The average Bonchev–Trinajstić information content (AvgIpc) is 2.68. The van der Waals surface area contributed by atoms with Crippen LogP contribution in [0, 0.1) is 0 Å². The van der Waals surface area contributed by atoms with Crippen LogP contribution in [0.1, 0.15) is 17.4 Å². The van der Waals surface area contributed by atoms with E-state index >= 15 is 0 Å². The Morgan fingerprint density at radius 2 is 1.85 bits per heavy atom. The Kier molecular flexibility index (Phi) is 4.88. The monoisotopic (exact) mass is 353 g/mol. The number of carbonyl (C=O) groups excluding carboxylic acids is 1. The highest BCUT2D eigenvalue weighted by atomic mass is 16.5. The number of benzene rings is 2. The summed E-state index contributed by atoms with van der Waals surface area (Å²) in [6.07, 6.45) is 0. The summed E-state index contributed by atoms with van der Waals surface area (Å²) in [5.74, 6) is 0.639. The summed E-state index contributed by atoms with van der Waals surface area (Å²) in [5, 5.41) is 7.98. The van der Waals surface area contributed by atoms with E-state index in [1.54, 1.807) is 56.5 Å². The van der Waals surface area contributed by atoms with E-state index in [1.807, 2.05) is 0 Å². The highest BCUT2D eigenvalue weighted by Crippen LogP contribution is 2.29. The first-order chi connectivity index (χ1) is 12.6. The fourth-order valence-corrected chi connectivity index (χ4v) is 2.71. The number of rotatable bonds is 5. The molecule has 0 aliphatic carbocycles. The highest BCUT2D eigenvalue weighted by Gasteiger charge is 2.18. The second-order valence-electron chi connectivity index (χ2n) is 5.54. The number of nitrogens with zero attached hydrogens (tertiary/aromatic N) is 2. The maximum absolute atomic E-state index is 12.9. The van der Waals surface area contributed by atoms with Crippen molar-refractivity contribution in [2.24, 2.45) is 0 Å². The van der Waals surface area contributed by atoms with Gasteiger partial charge >= 0.3 is 0 Å². The number of ether oxygens (including phenoxy) is 2. The summed E-state index contributed by atoms with van der Waals surface area (Å²) < 4.78 is 11.8. The van der Waals surface area contributed by atoms with Gasteiger partial charge < -0.3 is 14.8 Å². The molecular weight excluding hydrogens is 334 g/mol. The summed E-state index contributed by atoms with van der Waals surface area (Å²) in [7, 11) is 3.06. The van der Waals surface area contributed by atoms with Crippen molar-refractivity contribution in [1.29, 1.82) is 0 Å². The molecule has 1 aromatic heterocycles. The first kappa shape index (κ1) is 17.5. The number of hydrogen-bond acceptors (Lipinski definition) is 5. The van der Waals surface area contributed by atoms with Crippen LogP contribution >= 0.6 is 0 Å². The number of aryl methyl sites for hydroxylation is 1. The first-order valence-electron chi connectivity index (χ1n) is 8.12. The number of nitrogens with one attached hydrogen (secondary N) is 1. The second-order valence-corrected chi connectivity index (χ2v) is 5.54. The molecule has 3 rings (SSSR count). The van der Waals surface area contributed by atoms with Crippen molar-refractivity contribution in [3.63, 3.8) is 0 Å². The van der Waals surface area contributed by atoms with Gasteiger partial charge in [-0.15, -0.1) is 0 Å². The van der Waals surface area contributed by atoms with Crippen molar-refractivity contribution in [3.8, 4) is 11.5 Å². The molecule has 7 heteroatoms. The van der Waals surface area contributed by atoms with Crippen molar-refractivity contribution in [2.75, 3.05) is 19.5 Å². The Balaban J connectivity index is 2.09. The van der Waals surface area contributed by atoms with Gasteiger partial charge in [0.1, 0.15) is 11.5 Å². The molecule has 2 aromatic carbocycles. The minimum atomic E-state index is -0.435. The summed E-state index contributed by atoms with van der Waals surface area (Å²) in [5.41, 5.74) is 0.405. The molecule has 134 valence electrons. The molecule has 0 spiro atoms. The fraction of sp³-hybridized carbons (Fsp3) is 0.211. The maximum Gasteiger partial charge on any atom is 0.276 e. The lowest BCUT2D eigenvalue weighted by molar-refractivity contribution is 0.102. The lowest BCUT2D eigenvalue weighted by Crippen LogP contribution is -2.27. The zero-order valence-corrected chi connectivity index (χ0v) is 14.8. The Hall–Kier alpha value is -3.35. The van der Waals surface area contributed by atoms with Crippen LogP contribution in [-0.4, -0.2) is 29.9 Å². The fourth-order valence-electron chi connectivity index (χ4n) is 2.71. The standard InChI is InChI=1S/C19H19N3O4/c1-4-22-19(24)14-8-6-5-7-13(14)17(21-22)18(23)20-15-11-12(25-2)9-10-16(15)26-3/h5-11H,4H2,1-3H3,(H,20,23). The van der Waals surface area contributed by atoms with E-state index in [9.17, 15) is 9.59 Å². The third-order valence-corrected chi connectivity index (χ3v) is 4.04.